The first-order chi connectivity index (χ1) is 12.5. The second kappa shape index (κ2) is 8.92. The summed E-state index contributed by atoms with van der Waals surface area (Å²) in [5.74, 6) is 0.386. The number of carbonyl (C=O) groups excluding carboxylic acids is 1. The summed E-state index contributed by atoms with van der Waals surface area (Å²) in [6.07, 6.45) is 3.99. The highest BCUT2D eigenvalue weighted by Gasteiger charge is 2.20. The third-order valence-corrected chi connectivity index (χ3v) is 5.31. The number of anilines is 1. The highest BCUT2D eigenvalue weighted by Crippen LogP contribution is 2.23. The fourth-order valence-corrected chi connectivity index (χ4v) is 3.76. The van der Waals surface area contributed by atoms with Crippen LogP contribution in [0.1, 0.15) is 24.2 Å². The molecule has 0 unspecified atom stereocenters. The Balaban J connectivity index is 1.55. The molecule has 9 heteroatoms. The Kier molecular flexibility index (Phi) is 6.61. The van der Waals surface area contributed by atoms with Crippen LogP contribution in [0, 0.1) is 5.82 Å². The molecule has 0 atom stereocenters. The van der Waals surface area contributed by atoms with E-state index in [0.717, 1.165) is 23.1 Å². The molecular formula is C17H17BrClFN4OS. The number of nitrogens with zero attached hydrogens (tertiary/aromatic N) is 3. The molecular weight excluding hydrogens is 443 g/mol. The zero-order valence-corrected chi connectivity index (χ0v) is 17.0. The number of halogens is 3. The van der Waals surface area contributed by atoms with Crippen LogP contribution in [-0.4, -0.2) is 38.7 Å². The number of hydrogen-bond acceptors (Lipinski definition) is 4. The fourth-order valence-electron chi connectivity index (χ4n) is 2.64. The summed E-state index contributed by atoms with van der Waals surface area (Å²) in [6.45, 7) is 1.17. The third-order valence-electron chi connectivity index (χ3n) is 4.02. The van der Waals surface area contributed by atoms with Gasteiger partial charge in [-0.05, 0) is 25.0 Å². The van der Waals surface area contributed by atoms with E-state index >= 15 is 0 Å². The average Bonchev–Trinajstić information content (AvgIpc) is 3.05. The van der Waals surface area contributed by atoms with Crippen LogP contribution in [-0.2, 0) is 6.42 Å². The molecule has 2 amide bonds. The summed E-state index contributed by atoms with van der Waals surface area (Å²) >= 11 is 10.3. The van der Waals surface area contributed by atoms with Crippen molar-refractivity contribution in [3.8, 4) is 0 Å². The number of urea groups is 1. The first-order valence-electron chi connectivity index (χ1n) is 8.14. The molecule has 138 valence electrons. The van der Waals surface area contributed by atoms with Gasteiger partial charge in [0.25, 0.3) is 0 Å². The molecule has 5 nitrogen and oxygen atoms in total. The Morgan fingerprint density at radius 3 is 2.88 bits per heavy atom. The number of hydrogen-bond donors (Lipinski definition) is 1. The lowest BCUT2D eigenvalue weighted by atomic mass is 10.0. The maximum absolute atomic E-state index is 13.9. The van der Waals surface area contributed by atoms with E-state index in [0.29, 0.717) is 41.6 Å². The second-order valence-corrected chi connectivity index (χ2v) is 7.82. The lowest BCUT2D eigenvalue weighted by molar-refractivity contribution is 0.208. The predicted octanol–water partition coefficient (Wildman–Crippen LogP) is 4.98. The number of aryl methyl sites for hydroxylation is 1. The molecule has 1 saturated heterocycles. The van der Waals surface area contributed by atoms with Gasteiger partial charge >= 0.3 is 6.03 Å². The largest absolute Gasteiger partial charge is 0.324 e. The quantitative estimate of drug-likeness (QED) is 0.656. The number of amides is 2. The summed E-state index contributed by atoms with van der Waals surface area (Å²) in [4.78, 5) is 18.4. The van der Waals surface area contributed by atoms with Crippen molar-refractivity contribution >= 4 is 56.3 Å². The van der Waals surface area contributed by atoms with E-state index in [4.69, 9.17) is 11.6 Å². The average molecular weight is 460 g/mol. The third kappa shape index (κ3) is 5.02. The minimum Gasteiger partial charge on any atom is -0.324 e. The number of alkyl halides is 1. The predicted molar refractivity (Wildman–Crippen MR) is 107 cm³/mol. The van der Waals surface area contributed by atoms with E-state index < -0.39 is 0 Å². The van der Waals surface area contributed by atoms with Gasteiger partial charge in [0.1, 0.15) is 11.6 Å². The molecule has 0 saturated carbocycles. The molecule has 1 N–H and O–H groups in total. The van der Waals surface area contributed by atoms with Gasteiger partial charge in [0, 0.05) is 47.0 Å². The maximum atomic E-state index is 13.9. The summed E-state index contributed by atoms with van der Waals surface area (Å²) < 4.78 is 18.1. The van der Waals surface area contributed by atoms with Gasteiger partial charge in [0.05, 0.1) is 0 Å². The number of aromatic nitrogens is 2. The molecule has 0 spiro atoms. The zero-order valence-electron chi connectivity index (χ0n) is 13.8. The van der Waals surface area contributed by atoms with Crippen LogP contribution in [0.2, 0.25) is 5.02 Å². The van der Waals surface area contributed by atoms with E-state index in [1.807, 2.05) is 6.08 Å². The Morgan fingerprint density at radius 2 is 2.19 bits per heavy atom. The molecule has 0 bridgehead atoms. The Labute approximate surface area is 168 Å². The molecule has 26 heavy (non-hydrogen) atoms. The SMILES string of the molecule is O=C(Nc1nc(CCBr)ns1)N1CCC(=Cc2ccc(Cl)cc2F)CC1. The van der Waals surface area contributed by atoms with Crippen molar-refractivity contribution in [2.45, 2.75) is 19.3 Å². The molecule has 1 aliphatic rings. The normalized spacial score (nSPS) is 14.4. The van der Waals surface area contributed by atoms with Crippen LogP contribution < -0.4 is 5.32 Å². The van der Waals surface area contributed by atoms with Crippen molar-refractivity contribution < 1.29 is 9.18 Å². The molecule has 1 aromatic carbocycles. The van der Waals surface area contributed by atoms with Crippen LogP contribution in [0.3, 0.4) is 0 Å². The van der Waals surface area contributed by atoms with E-state index in [1.54, 1.807) is 17.0 Å². The van der Waals surface area contributed by atoms with Gasteiger partial charge in [-0.2, -0.15) is 4.37 Å². The van der Waals surface area contributed by atoms with Crippen molar-refractivity contribution in [1.82, 2.24) is 14.3 Å². The minimum atomic E-state index is -0.333. The van der Waals surface area contributed by atoms with Crippen molar-refractivity contribution in [3.63, 3.8) is 0 Å². The van der Waals surface area contributed by atoms with Crippen LogP contribution in [0.25, 0.3) is 6.08 Å². The second-order valence-electron chi connectivity index (χ2n) is 5.84. The number of nitrogens with one attached hydrogen (secondary N) is 1. The Bertz CT molecular complexity index is 819. The molecule has 1 fully saturated rings. The van der Waals surface area contributed by atoms with Gasteiger partial charge in [0.2, 0.25) is 5.13 Å². The van der Waals surface area contributed by atoms with Gasteiger partial charge < -0.3 is 4.90 Å². The topological polar surface area (TPSA) is 58.1 Å². The molecule has 2 heterocycles. The lowest BCUT2D eigenvalue weighted by Gasteiger charge is -2.28. The summed E-state index contributed by atoms with van der Waals surface area (Å²) in [5.41, 5.74) is 1.64. The highest BCUT2D eigenvalue weighted by atomic mass is 79.9. The van der Waals surface area contributed by atoms with E-state index in [1.165, 1.54) is 17.6 Å². The maximum Gasteiger partial charge on any atom is 0.323 e. The summed E-state index contributed by atoms with van der Waals surface area (Å²) in [7, 11) is 0. The number of rotatable bonds is 4. The van der Waals surface area contributed by atoms with Crippen molar-refractivity contribution in [2.75, 3.05) is 23.7 Å². The molecule has 3 rings (SSSR count). The Hall–Kier alpha value is -1.51. The van der Waals surface area contributed by atoms with E-state index in [2.05, 4.69) is 30.6 Å². The van der Waals surface area contributed by atoms with Crippen LogP contribution in [0.4, 0.5) is 14.3 Å². The van der Waals surface area contributed by atoms with Gasteiger partial charge in [-0.15, -0.1) is 0 Å². The van der Waals surface area contributed by atoms with E-state index in [-0.39, 0.29) is 11.8 Å². The van der Waals surface area contributed by atoms with Gasteiger partial charge in [-0.1, -0.05) is 45.2 Å². The van der Waals surface area contributed by atoms with Crippen molar-refractivity contribution in [3.05, 3.63) is 46.0 Å². The van der Waals surface area contributed by atoms with Gasteiger partial charge in [-0.25, -0.2) is 14.2 Å². The van der Waals surface area contributed by atoms with Gasteiger partial charge in [-0.3, -0.25) is 5.32 Å². The Morgan fingerprint density at radius 1 is 1.42 bits per heavy atom. The first kappa shape index (κ1) is 19.3. The number of carbonyl (C=O) groups is 1. The molecule has 0 aliphatic carbocycles. The zero-order chi connectivity index (χ0) is 18.5. The van der Waals surface area contributed by atoms with Crippen molar-refractivity contribution in [2.24, 2.45) is 0 Å². The van der Waals surface area contributed by atoms with E-state index in [9.17, 15) is 9.18 Å². The number of benzene rings is 1. The van der Waals surface area contributed by atoms with Crippen molar-refractivity contribution in [1.29, 1.82) is 0 Å². The monoisotopic (exact) mass is 458 g/mol. The fraction of sp³-hybridized carbons (Fsp3) is 0.353. The van der Waals surface area contributed by atoms with Crippen LogP contribution >= 0.6 is 39.1 Å². The standard InChI is InChI=1S/C17H17BrClFN4OS/c18-6-3-15-21-16(26-23-15)22-17(25)24-7-4-11(5-8-24)9-12-1-2-13(19)10-14(12)20/h1-2,9-10H,3-8H2,(H,21,22,23,25). The summed E-state index contributed by atoms with van der Waals surface area (Å²) in [6, 6.07) is 4.47. The lowest BCUT2D eigenvalue weighted by Crippen LogP contribution is -2.39. The van der Waals surface area contributed by atoms with Crippen LogP contribution in [0.15, 0.2) is 23.8 Å². The molecule has 1 aliphatic heterocycles. The smallest absolute Gasteiger partial charge is 0.323 e. The number of likely N-dealkylation sites (tertiary alicyclic amines) is 1. The molecule has 2 aromatic rings. The van der Waals surface area contributed by atoms with Gasteiger partial charge in [0.15, 0.2) is 0 Å². The van der Waals surface area contributed by atoms with Crippen LogP contribution in [0.5, 0.6) is 0 Å². The first-order valence-corrected chi connectivity index (χ1v) is 10.4. The molecule has 1 aromatic heterocycles. The molecule has 0 radical (unpaired) electrons. The minimum absolute atomic E-state index is 0.178. The highest BCUT2D eigenvalue weighted by molar-refractivity contribution is 9.09. The number of piperidine rings is 1. The summed E-state index contributed by atoms with van der Waals surface area (Å²) in [5, 5.41) is 4.47.